The Morgan fingerprint density at radius 3 is 2.37 bits per heavy atom. The van der Waals surface area contributed by atoms with Gasteiger partial charge in [0.2, 0.25) is 15.9 Å². The first kappa shape index (κ1) is 21.1. The third-order valence-corrected chi connectivity index (χ3v) is 6.13. The van der Waals surface area contributed by atoms with Crippen LogP contribution >= 0.6 is 0 Å². The van der Waals surface area contributed by atoms with E-state index < -0.39 is 15.8 Å². The first-order valence-electron chi connectivity index (χ1n) is 8.82. The van der Waals surface area contributed by atoms with Gasteiger partial charge in [-0.1, -0.05) is 32.0 Å². The molecule has 27 heavy (non-hydrogen) atoms. The summed E-state index contributed by atoms with van der Waals surface area (Å²) in [6, 6.07) is 12.3. The number of benzene rings is 2. The van der Waals surface area contributed by atoms with E-state index in [0.717, 1.165) is 23.4 Å². The summed E-state index contributed by atoms with van der Waals surface area (Å²) < 4.78 is 39.0. The summed E-state index contributed by atoms with van der Waals surface area (Å²) in [5.74, 6) is -0.362. The largest absolute Gasteiger partial charge is 0.326 e. The lowest BCUT2D eigenvalue weighted by molar-refractivity contribution is -0.116. The van der Waals surface area contributed by atoms with Crippen molar-refractivity contribution in [1.29, 1.82) is 0 Å². The number of rotatable bonds is 8. The number of carbonyl (C=O) groups excluding carboxylic acids is 1. The summed E-state index contributed by atoms with van der Waals surface area (Å²) in [5.41, 5.74) is 1.84. The Morgan fingerprint density at radius 2 is 1.74 bits per heavy atom. The molecule has 7 heteroatoms. The van der Waals surface area contributed by atoms with E-state index in [1.807, 2.05) is 24.3 Å². The fourth-order valence-corrected chi connectivity index (χ4v) is 3.91. The van der Waals surface area contributed by atoms with Crippen molar-refractivity contribution in [3.05, 3.63) is 59.9 Å². The lowest BCUT2D eigenvalue weighted by Crippen LogP contribution is -2.28. The molecule has 0 unspecified atom stereocenters. The maximum atomic E-state index is 13.0. The number of sulfonamides is 1. The van der Waals surface area contributed by atoms with E-state index in [4.69, 9.17) is 0 Å². The lowest BCUT2D eigenvalue weighted by atomic mass is 10.0. The quantitative estimate of drug-likeness (QED) is 0.739. The molecule has 2 aromatic carbocycles. The first-order valence-corrected chi connectivity index (χ1v) is 10.3. The van der Waals surface area contributed by atoms with Crippen LogP contribution in [-0.2, 0) is 14.8 Å². The summed E-state index contributed by atoms with van der Waals surface area (Å²) >= 11 is 0. The minimum Gasteiger partial charge on any atom is -0.326 e. The molecule has 0 spiro atoms. The van der Waals surface area contributed by atoms with E-state index in [2.05, 4.69) is 19.2 Å². The van der Waals surface area contributed by atoms with E-state index in [1.165, 1.54) is 23.5 Å². The number of carbonyl (C=O) groups is 1. The molecule has 0 atom stereocenters. The van der Waals surface area contributed by atoms with Gasteiger partial charge >= 0.3 is 0 Å². The van der Waals surface area contributed by atoms with Gasteiger partial charge in [0.1, 0.15) is 5.82 Å². The van der Waals surface area contributed by atoms with Crippen molar-refractivity contribution in [1.82, 2.24) is 4.31 Å². The van der Waals surface area contributed by atoms with Crippen LogP contribution in [0.2, 0.25) is 0 Å². The molecular formula is C20H25FN2O3S. The zero-order valence-electron chi connectivity index (χ0n) is 15.8. The number of para-hydroxylation sites is 1. The van der Waals surface area contributed by atoms with Crippen molar-refractivity contribution in [2.45, 2.75) is 37.5 Å². The second kappa shape index (κ2) is 9.10. The molecule has 0 aromatic heterocycles. The van der Waals surface area contributed by atoms with Crippen molar-refractivity contribution in [3.8, 4) is 0 Å². The van der Waals surface area contributed by atoms with Gasteiger partial charge in [-0.3, -0.25) is 4.79 Å². The monoisotopic (exact) mass is 392 g/mol. The number of anilines is 1. The summed E-state index contributed by atoms with van der Waals surface area (Å²) in [5, 5.41) is 2.89. The Kier molecular flexibility index (Phi) is 7.10. The molecule has 0 radical (unpaired) electrons. The highest BCUT2D eigenvalue weighted by Crippen LogP contribution is 2.24. The lowest BCUT2D eigenvalue weighted by Gasteiger charge is -2.17. The standard InChI is InChI=1S/C20H25FN2O3S/c1-15(2)18-7-4-5-8-19(18)22-20(24)9-6-14-23(3)27(25,26)17-12-10-16(21)11-13-17/h4-5,7-8,10-13,15H,6,9,14H2,1-3H3,(H,22,24). The average molecular weight is 392 g/mol. The van der Waals surface area contributed by atoms with Crippen molar-refractivity contribution >= 4 is 21.6 Å². The fourth-order valence-electron chi connectivity index (χ4n) is 2.70. The van der Waals surface area contributed by atoms with Crippen LogP contribution in [0, 0.1) is 5.82 Å². The Labute approximate surface area is 160 Å². The smallest absolute Gasteiger partial charge is 0.242 e. The minimum atomic E-state index is -3.70. The van der Waals surface area contributed by atoms with Crippen LogP contribution in [0.25, 0.3) is 0 Å². The van der Waals surface area contributed by atoms with Crippen LogP contribution in [0.5, 0.6) is 0 Å². The number of halogens is 1. The number of nitrogens with one attached hydrogen (secondary N) is 1. The molecule has 2 rings (SSSR count). The molecule has 146 valence electrons. The van der Waals surface area contributed by atoms with Crippen LogP contribution in [0.1, 0.15) is 38.2 Å². The van der Waals surface area contributed by atoms with E-state index in [-0.39, 0.29) is 29.7 Å². The number of nitrogens with zero attached hydrogens (tertiary/aromatic N) is 1. The number of hydrogen-bond donors (Lipinski definition) is 1. The predicted octanol–water partition coefficient (Wildman–Crippen LogP) is 3.99. The Bertz CT molecular complexity index is 880. The van der Waals surface area contributed by atoms with Crippen molar-refractivity contribution < 1.29 is 17.6 Å². The third kappa shape index (κ3) is 5.61. The van der Waals surface area contributed by atoms with E-state index in [1.54, 1.807) is 0 Å². The highest BCUT2D eigenvalue weighted by Gasteiger charge is 2.20. The SMILES string of the molecule is CC(C)c1ccccc1NC(=O)CCCN(C)S(=O)(=O)c1ccc(F)cc1. The molecular weight excluding hydrogens is 367 g/mol. The maximum absolute atomic E-state index is 13.0. The van der Waals surface area contributed by atoms with Gasteiger partial charge in [-0.2, -0.15) is 0 Å². The van der Waals surface area contributed by atoms with Gasteiger partial charge < -0.3 is 5.32 Å². The van der Waals surface area contributed by atoms with Crippen LogP contribution in [0.15, 0.2) is 53.4 Å². The Morgan fingerprint density at radius 1 is 1.11 bits per heavy atom. The van der Waals surface area contributed by atoms with Gasteiger partial charge in [0.05, 0.1) is 4.90 Å². The molecule has 2 aromatic rings. The fraction of sp³-hybridized carbons (Fsp3) is 0.350. The number of amides is 1. The molecule has 0 fully saturated rings. The highest BCUT2D eigenvalue weighted by molar-refractivity contribution is 7.89. The van der Waals surface area contributed by atoms with E-state index in [9.17, 15) is 17.6 Å². The van der Waals surface area contributed by atoms with Gasteiger partial charge in [0.25, 0.3) is 0 Å². The molecule has 0 heterocycles. The van der Waals surface area contributed by atoms with Crippen LogP contribution < -0.4 is 5.32 Å². The molecule has 0 aliphatic rings. The van der Waals surface area contributed by atoms with Crippen molar-refractivity contribution in [3.63, 3.8) is 0 Å². The summed E-state index contributed by atoms with van der Waals surface area (Å²) in [6.45, 7) is 4.31. The summed E-state index contributed by atoms with van der Waals surface area (Å²) in [7, 11) is -2.25. The average Bonchev–Trinajstić information content (AvgIpc) is 2.62. The Balaban J connectivity index is 1.90. The molecule has 0 bridgehead atoms. The third-order valence-electron chi connectivity index (χ3n) is 4.26. The van der Waals surface area contributed by atoms with Gasteiger partial charge in [-0.05, 0) is 48.2 Å². The van der Waals surface area contributed by atoms with Crippen molar-refractivity contribution in [2.75, 3.05) is 18.9 Å². The zero-order chi connectivity index (χ0) is 20.0. The summed E-state index contributed by atoms with van der Waals surface area (Å²) in [4.78, 5) is 12.2. The molecule has 0 saturated heterocycles. The molecule has 0 aliphatic heterocycles. The van der Waals surface area contributed by atoms with Crippen molar-refractivity contribution in [2.24, 2.45) is 0 Å². The predicted molar refractivity (Wildman–Crippen MR) is 105 cm³/mol. The normalized spacial score (nSPS) is 11.8. The van der Waals surface area contributed by atoms with Crippen LogP contribution in [0.3, 0.4) is 0 Å². The first-order chi connectivity index (χ1) is 12.7. The van der Waals surface area contributed by atoms with E-state index in [0.29, 0.717) is 6.42 Å². The Hall–Kier alpha value is -2.25. The molecule has 1 N–H and O–H groups in total. The van der Waals surface area contributed by atoms with Gasteiger partial charge in [0, 0.05) is 25.7 Å². The highest BCUT2D eigenvalue weighted by atomic mass is 32.2. The van der Waals surface area contributed by atoms with Crippen LogP contribution in [-0.4, -0.2) is 32.2 Å². The molecule has 0 aliphatic carbocycles. The summed E-state index contributed by atoms with van der Waals surface area (Å²) in [6.07, 6.45) is 0.586. The molecule has 5 nitrogen and oxygen atoms in total. The topological polar surface area (TPSA) is 66.5 Å². The maximum Gasteiger partial charge on any atom is 0.242 e. The van der Waals surface area contributed by atoms with E-state index >= 15 is 0 Å². The minimum absolute atomic E-state index is 0.0294. The second-order valence-corrected chi connectivity index (χ2v) is 8.72. The number of hydrogen-bond acceptors (Lipinski definition) is 3. The van der Waals surface area contributed by atoms with Crippen LogP contribution in [0.4, 0.5) is 10.1 Å². The van der Waals surface area contributed by atoms with Gasteiger partial charge in [0.15, 0.2) is 0 Å². The second-order valence-electron chi connectivity index (χ2n) is 6.67. The zero-order valence-corrected chi connectivity index (χ0v) is 16.6. The van der Waals surface area contributed by atoms with Gasteiger partial charge in [-0.15, -0.1) is 0 Å². The van der Waals surface area contributed by atoms with Gasteiger partial charge in [-0.25, -0.2) is 17.1 Å². The molecule has 0 saturated carbocycles. The molecule has 1 amide bonds.